The van der Waals surface area contributed by atoms with Gasteiger partial charge in [0.05, 0.1) is 26.2 Å². The second-order valence-corrected chi connectivity index (χ2v) is 11.4. The third-order valence-corrected chi connectivity index (χ3v) is 7.78. The summed E-state index contributed by atoms with van der Waals surface area (Å²) >= 11 is 0. The molecule has 1 aliphatic rings. The number of aryl methyl sites for hydroxylation is 1. The molecule has 0 aromatic heterocycles. The molecule has 1 saturated carbocycles. The second kappa shape index (κ2) is 12.3. The number of amides is 2. The zero-order valence-electron chi connectivity index (χ0n) is 22.2. The molecule has 1 fully saturated rings. The fourth-order valence-corrected chi connectivity index (χ4v) is 5.42. The topological polar surface area (TPSA) is 105 Å². The summed E-state index contributed by atoms with van der Waals surface area (Å²) < 4.78 is 37.2. The summed E-state index contributed by atoms with van der Waals surface area (Å²) in [7, 11) is -0.913. The van der Waals surface area contributed by atoms with Crippen molar-refractivity contribution in [1.29, 1.82) is 0 Å². The molecule has 3 rings (SSSR count). The maximum Gasteiger partial charge on any atom is 0.244 e. The highest BCUT2D eigenvalue weighted by Gasteiger charge is 2.31. The monoisotopic (exact) mass is 531 g/mol. The van der Waals surface area contributed by atoms with E-state index in [4.69, 9.17) is 9.47 Å². The molecule has 0 bridgehead atoms. The Morgan fingerprint density at radius 1 is 1.05 bits per heavy atom. The van der Waals surface area contributed by atoms with E-state index in [9.17, 15) is 18.0 Å². The third-order valence-electron chi connectivity index (χ3n) is 6.64. The van der Waals surface area contributed by atoms with E-state index >= 15 is 0 Å². The number of ether oxygens (including phenoxy) is 2. The van der Waals surface area contributed by atoms with E-state index in [-0.39, 0.29) is 24.2 Å². The molecule has 9 nitrogen and oxygen atoms in total. The Morgan fingerprint density at radius 3 is 2.32 bits per heavy atom. The first-order chi connectivity index (χ1) is 17.5. The van der Waals surface area contributed by atoms with Crippen molar-refractivity contribution in [2.45, 2.75) is 58.2 Å². The van der Waals surface area contributed by atoms with E-state index in [0.717, 1.165) is 47.4 Å². The molecular formula is C27H37N3O6S. The van der Waals surface area contributed by atoms with Crippen LogP contribution in [-0.2, 0) is 26.2 Å². The Kier molecular flexibility index (Phi) is 9.42. The molecule has 0 aliphatic heterocycles. The van der Waals surface area contributed by atoms with Crippen molar-refractivity contribution >= 4 is 27.5 Å². The molecule has 0 radical (unpaired) electrons. The van der Waals surface area contributed by atoms with Crippen molar-refractivity contribution in [2.75, 3.05) is 31.3 Å². The van der Waals surface area contributed by atoms with Crippen LogP contribution in [0.5, 0.6) is 11.5 Å². The number of nitrogens with zero attached hydrogens (tertiary/aromatic N) is 2. The van der Waals surface area contributed by atoms with Gasteiger partial charge < -0.3 is 19.7 Å². The molecule has 37 heavy (non-hydrogen) atoms. The summed E-state index contributed by atoms with van der Waals surface area (Å²) in [5.41, 5.74) is 2.13. The minimum absolute atomic E-state index is 0.102. The SMILES string of the molecule is COc1ccc(N(CC(=O)N(Cc2cccc(C)c2)C(C)C(=O)NC2CCCC2)S(C)(=O)=O)cc1OC. The highest BCUT2D eigenvalue weighted by atomic mass is 32.2. The Bertz CT molecular complexity index is 1210. The van der Waals surface area contributed by atoms with Crippen LogP contribution in [0.3, 0.4) is 0 Å². The van der Waals surface area contributed by atoms with Crippen LogP contribution in [0.4, 0.5) is 5.69 Å². The number of carbonyl (C=O) groups is 2. The lowest BCUT2D eigenvalue weighted by Crippen LogP contribution is -2.52. The quantitative estimate of drug-likeness (QED) is 0.477. The molecule has 2 aromatic carbocycles. The largest absolute Gasteiger partial charge is 0.493 e. The maximum atomic E-state index is 13.7. The van der Waals surface area contributed by atoms with Crippen molar-refractivity contribution in [3.05, 3.63) is 53.6 Å². The van der Waals surface area contributed by atoms with Crippen molar-refractivity contribution in [3.63, 3.8) is 0 Å². The highest BCUT2D eigenvalue weighted by molar-refractivity contribution is 7.92. The first kappa shape index (κ1) is 28.3. The van der Waals surface area contributed by atoms with Gasteiger partial charge >= 0.3 is 0 Å². The number of carbonyl (C=O) groups excluding carboxylic acids is 2. The predicted molar refractivity (Wildman–Crippen MR) is 143 cm³/mol. The smallest absolute Gasteiger partial charge is 0.244 e. The number of benzene rings is 2. The van der Waals surface area contributed by atoms with Crippen molar-refractivity contribution in [1.82, 2.24) is 10.2 Å². The van der Waals surface area contributed by atoms with Gasteiger partial charge in [-0.3, -0.25) is 13.9 Å². The fourth-order valence-electron chi connectivity index (χ4n) is 4.58. The molecule has 0 heterocycles. The number of hydrogen-bond acceptors (Lipinski definition) is 6. The lowest BCUT2D eigenvalue weighted by molar-refractivity contribution is -0.139. The minimum Gasteiger partial charge on any atom is -0.493 e. The van der Waals surface area contributed by atoms with Crippen molar-refractivity contribution < 1.29 is 27.5 Å². The van der Waals surface area contributed by atoms with E-state index in [2.05, 4.69) is 5.32 Å². The van der Waals surface area contributed by atoms with E-state index in [1.54, 1.807) is 19.1 Å². The average molecular weight is 532 g/mol. The number of methoxy groups -OCH3 is 2. The molecule has 1 atom stereocenters. The van der Waals surface area contributed by atoms with E-state index in [0.29, 0.717) is 11.5 Å². The van der Waals surface area contributed by atoms with E-state index in [1.807, 2.05) is 31.2 Å². The van der Waals surface area contributed by atoms with Crippen LogP contribution in [-0.4, -0.2) is 64.2 Å². The molecule has 2 aromatic rings. The highest BCUT2D eigenvalue weighted by Crippen LogP contribution is 2.32. The standard InChI is InChI=1S/C27H37N3O6S/c1-19-9-8-10-21(15-19)17-29(20(2)27(32)28-22-11-6-7-12-22)26(31)18-30(37(5,33)34)23-13-14-24(35-3)25(16-23)36-4/h8-10,13-16,20,22H,6-7,11-12,17-18H2,1-5H3,(H,28,32). The van der Waals surface area contributed by atoms with Crippen LogP contribution in [0.25, 0.3) is 0 Å². The Balaban J connectivity index is 1.91. The van der Waals surface area contributed by atoms with Crippen LogP contribution in [0.1, 0.15) is 43.7 Å². The van der Waals surface area contributed by atoms with Gasteiger partial charge in [-0.15, -0.1) is 0 Å². The summed E-state index contributed by atoms with van der Waals surface area (Å²) in [6.07, 6.45) is 5.02. The Hall–Kier alpha value is -3.27. The van der Waals surface area contributed by atoms with E-state index in [1.165, 1.54) is 25.2 Å². The normalized spacial score (nSPS) is 14.6. The molecule has 0 spiro atoms. The van der Waals surface area contributed by atoms with Crippen LogP contribution in [0.15, 0.2) is 42.5 Å². The number of anilines is 1. The molecule has 1 unspecified atom stereocenters. The van der Waals surface area contributed by atoms with Crippen LogP contribution in [0, 0.1) is 6.92 Å². The Labute approximate surface area is 219 Å². The number of rotatable bonds is 11. The fraction of sp³-hybridized carbons (Fsp3) is 0.481. The average Bonchev–Trinajstić information content (AvgIpc) is 3.37. The van der Waals surface area contributed by atoms with Gasteiger partial charge in [-0.2, -0.15) is 0 Å². The molecule has 0 saturated heterocycles. The summed E-state index contributed by atoms with van der Waals surface area (Å²) in [6.45, 7) is 3.33. The summed E-state index contributed by atoms with van der Waals surface area (Å²) in [5, 5.41) is 3.06. The molecule has 1 N–H and O–H groups in total. The molecular weight excluding hydrogens is 494 g/mol. The number of sulfonamides is 1. The lowest BCUT2D eigenvalue weighted by atomic mass is 10.1. The number of hydrogen-bond donors (Lipinski definition) is 1. The first-order valence-corrected chi connectivity index (χ1v) is 14.2. The lowest BCUT2D eigenvalue weighted by Gasteiger charge is -2.32. The molecule has 1 aliphatic carbocycles. The van der Waals surface area contributed by atoms with Gasteiger partial charge in [0, 0.05) is 18.7 Å². The molecule has 202 valence electrons. The van der Waals surface area contributed by atoms with Crippen molar-refractivity contribution in [2.24, 2.45) is 0 Å². The molecule has 10 heteroatoms. The summed E-state index contributed by atoms with van der Waals surface area (Å²) in [4.78, 5) is 28.3. The van der Waals surface area contributed by atoms with Gasteiger partial charge in [-0.25, -0.2) is 8.42 Å². The van der Waals surface area contributed by atoms with Gasteiger partial charge in [0.2, 0.25) is 21.8 Å². The van der Waals surface area contributed by atoms with Gasteiger partial charge in [0.25, 0.3) is 0 Å². The second-order valence-electron chi connectivity index (χ2n) is 9.49. The maximum absolute atomic E-state index is 13.7. The Morgan fingerprint density at radius 2 is 1.73 bits per heavy atom. The summed E-state index contributed by atoms with van der Waals surface area (Å²) in [5.74, 6) is 0.0343. The first-order valence-electron chi connectivity index (χ1n) is 12.4. The summed E-state index contributed by atoms with van der Waals surface area (Å²) in [6, 6.07) is 11.6. The minimum atomic E-state index is -3.85. The zero-order valence-corrected chi connectivity index (χ0v) is 23.0. The van der Waals surface area contributed by atoms with Gasteiger partial charge in [-0.1, -0.05) is 42.7 Å². The van der Waals surface area contributed by atoms with Crippen molar-refractivity contribution in [3.8, 4) is 11.5 Å². The van der Waals surface area contributed by atoms with Crippen LogP contribution in [0.2, 0.25) is 0 Å². The number of nitrogens with one attached hydrogen (secondary N) is 1. The third kappa shape index (κ3) is 7.38. The van der Waals surface area contributed by atoms with Crippen LogP contribution >= 0.6 is 0 Å². The van der Waals surface area contributed by atoms with Gasteiger partial charge in [-0.05, 0) is 44.4 Å². The van der Waals surface area contributed by atoms with Crippen LogP contribution < -0.4 is 19.1 Å². The van der Waals surface area contributed by atoms with Gasteiger partial charge in [0.1, 0.15) is 12.6 Å². The van der Waals surface area contributed by atoms with E-state index < -0.39 is 28.5 Å². The zero-order chi connectivity index (χ0) is 27.2. The predicted octanol–water partition coefficient (Wildman–Crippen LogP) is 3.25. The van der Waals surface area contributed by atoms with Gasteiger partial charge in [0.15, 0.2) is 11.5 Å². The molecule has 2 amide bonds.